The molecule has 8 heteroatoms. The van der Waals surface area contributed by atoms with E-state index in [0.717, 1.165) is 6.07 Å². The van der Waals surface area contributed by atoms with Crippen molar-refractivity contribution >= 4 is 29.0 Å². The van der Waals surface area contributed by atoms with E-state index in [4.69, 9.17) is 23.2 Å². The molecule has 0 saturated carbocycles. The molecule has 0 amide bonds. The van der Waals surface area contributed by atoms with Gasteiger partial charge in [0.05, 0.1) is 11.4 Å². The molecular weight excluding hydrogens is 253 g/mol. The van der Waals surface area contributed by atoms with Gasteiger partial charge in [0, 0.05) is 0 Å². The molecule has 15 heavy (non-hydrogen) atoms. The zero-order chi connectivity index (χ0) is 11.6. The average molecular weight is 257 g/mol. The van der Waals surface area contributed by atoms with Crippen LogP contribution in [0.5, 0.6) is 0 Å². The van der Waals surface area contributed by atoms with Crippen molar-refractivity contribution in [3.05, 3.63) is 32.5 Å². The lowest BCUT2D eigenvalue weighted by Crippen LogP contribution is -2.01. The second kappa shape index (κ2) is 4.67. The summed E-state index contributed by atoms with van der Waals surface area (Å²) in [5.74, 6) is -1.01. The summed E-state index contributed by atoms with van der Waals surface area (Å²) in [6, 6.07) is 0.815. The van der Waals surface area contributed by atoms with Crippen LogP contribution in [0.25, 0.3) is 0 Å². The summed E-state index contributed by atoms with van der Waals surface area (Å²) in [6.07, 6.45) is -2.82. The highest BCUT2D eigenvalue weighted by Crippen LogP contribution is 2.30. The lowest BCUT2D eigenvalue weighted by Gasteiger charge is -2.03. The zero-order valence-corrected chi connectivity index (χ0v) is 8.60. The maximum Gasteiger partial charge on any atom is 0.382 e. The molecule has 0 bridgehead atoms. The molecule has 4 nitrogen and oxygen atoms in total. The molecule has 0 aliphatic rings. The van der Waals surface area contributed by atoms with Gasteiger partial charge in [-0.1, -0.05) is 11.6 Å². The second-order valence-electron chi connectivity index (χ2n) is 2.52. The molecule has 0 saturated heterocycles. The molecule has 0 radical (unpaired) electrons. The molecule has 1 heterocycles. The Morgan fingerprint density at radius 3 is 2.60 bits per heavy atom. The number of hydrogen-bond acceptors (Lipinski definition) is 3. The van der Waals surface area contributed by atoms with Crippen LogP contribution < -0.4 is 0 Å². The number of nitro groups is 1. The molecule has 0 aromatic carbocycles. The summed E-state index contributed by atoms with van der Waals surface area (Å²) in [4.78, 5) is 12.9. The maximum absolute atomic E-state index is 12.4. The van der Waals surface area contributed by atoms with Crippen LogP contribution in [0.3, 0.4) is 0 Å². The molecule has 0 N–H and O–H groups in total. The highest BCUT2D eigenvalue weighted by atomic mass is 35.5. The predicted octanol–water partition coefficient (Wildman–Crippen LogP) is 3.32. The van der Waals surface area contributed by atoms with Gasteiger partial charge in [-0.05, 0) is 16.0 Å². The smallest absolute Gasteiger partial charge is 0.358 e. The molecule has 0 spiro atoms. The van der Waals surface area contributed by atoms with Crippen LogP contribution in [0, 0.1) is 10.1 Å². The van der Waals surface area contributed by atoms with Crippen molar-refractivity contribution in [1.82, 2.24) is 4.98 Å². The minimum atomic E-state index is -2.82. The number of pyridine rings is 1. The Balaban J connectivity index is 3.35. The number of halogens is 4. The summed E-state index contributed by atoms with van der Waals surface area (Å²) in [5.41, 5.74) is -0.719. The van der Waals surface area contributed by atoms with E-state index in [1.807, 2.05) is 0 Å². The van der Waals surface area contributed by atoms with E-state index < -0.39 is 27.8 Å². The van der Waals surface area contributed by atoms with Crippen LogP contribution in [0.2, 0.25) is 5.02 Å². The molecule has 0 aliphatic heterocycles. The number of rotatable bonds is 3. The van der Waals surface area contributed by atoms with Crippen LogP contribution in [0.1, 0.15) is 17.7 Å². The molecular formula is C7H4Cl2F2N2O2. The summed E-state index contributed by atoms with van der Waals surface area (Å²) in [7, 11) is 0. The molecule has 1 aromatic rings. The summed E-state index contributed by atoms with van der Waals surface area (Å²) >= 11 is 10.8. The first-order valence-electron chi connectivity index (χ1n) is 3.65. The third-order valence-corrected chi connectivity index (χ3v) is 2.14. The molecule has 0 fully saturated rings. The number of alkyl halides is 3. The zero-order valence-electron chi connectivity index (χ0n) is 7.08. The fraction of sp³-hybridized carbons (Fsp3) is 0.286. The molecule has 1 rings (SSSR count). The summed E-state index contributed by atoms with van der Waals surface area (Å²) < 4.78 is 24.8. The third-order valence-electron chi connectivity index (χ3n) is 1.60. The van der Waals surface area contributed by atoms with Gasteiger partial charge >= 0.3 is 5.82 Å². The van der Waals surface area contributed by atoms with Crippen molar-refractivity contribution in [2.45, 2.75) is 12.3 Å². The van der Waals surface area contributed by atoms with Gasteiger partial charge in [-0.3, -0.25) is 0 Å². The topological polar surface area (TPSA) is 56.0 Å². The van der Waals surface area contributed by atoms with E-state index in [2.05, 4.69) is 4.98 Å². The lowest BCUT2D eigenvalue weighted by molar-refractivity contribution is -0.389. The molecule has 0 aliphatic carbocycles. The second-order valence-corrected chi connectivity index (χ2v) is 3.20. The first-order chi connectivity index (χ1) is 6.97. The highest BCUT2D eigenvalue weighted by Gasteiger charge is 2.24. The fourth-order valence-electron chi connectivity index (χ4n) is 0.954. The normalized spacial score (nSPS) is 10.7. The number of hydrogen-bond donors (Lipinski definition) is 0. The van der Waals surface area contributed by atoms with E-state index in [1.165, 1.54) is 0 Å². The highest BCUT2D eigenvalue weighted by molar-refractivity contribution is 6.32. The van der Waals surface area contributed by atoms with Gasteiger partial charge in [0.2, 0.25) is 0 Å². The number of aromatic nitrogens is 1. The summed E-state index contributed by atoms with van der Waals surface area (Å²) in [5, 5.41) is 9.97. The first kappa shape index (κ1) is 12.1. The summed E-state index contributed by atoms with van der Waals surface area (Å²) in [6.45, 7) is 0. The average Bonchev–Trinajstić information content (AvgIpc) is 2.16. The van der Waals surface area contributed by atoms with Crippen molar-refractivity contribution < 1.29 is 13.7 Å². The van der Waals surface area contributed by atoms with Gasteiger partial charge in [0.1, 0.15) is 5.02 Å². The Morgan fingerprint density at radius 2 is 2.20 bits per heavy atom. The van der Waals surface area contributed by atoms with Gasteiger partial charge in [-0.15, -0.1) is 11.6 Å². The minimum Gasteiger partial charge on any atom is -0.358 e. The van der Waals surface area contributed by atoms with E-state index in [1.54, 1.807) is 0 Å². The van der Waals surface area contributed by atoms with E-state index in [-0.39, 0.29) is 11.6 Å². The molecule has 82 valence electrons. The maximum atomic E-state index is 12.4. The van der Waals surface area contributed by atoms with Crippen molar-refractivity contribution in [3.63, 3.8) is 0 Å². The Bertz CT molecular complexity index is 401. The van der Waals surface area contributed by atoms with Crippen LogP contribution in [0.15, 0.2) is 6.07 Å². The Hall–Kier alpha value is -1.01. The fourth-order valence-corrected chi connectivity index (χ4v) is 1.40. The van der Waals surface area contributed by atoms with Gasteiger partial charge in [-0.25, -0.2) is 8.78 Å². The number of nitrogens with zero attached hydrogens (tertiary/aromatic N) is 2. The predicted molar refractivity (Wildman–Crippen MR) is 50.4 cm³/mol. The quantitative estimate of drug-likeness (QED) is 0.474. The van der Waals surface area contributed by atoms with Crippen molar-refractivity contribution in [3.8, 4) is 0 Å². The van der Waals surface area contributed by atoms with Crippen molar-refractivity contribution in [1.29, 1.82) is 0 Å². The third kappa shape index (κ3) is 2.51. The Kier molecular flexibility index (Phi) is 3.76. The molecule has 1 aromatic heterocycles. The van der Waals surface area contributed by atoms with Gasteiger partial charge in [0.15, 0.2) is 5.69 Å². The van der Waals surface area contributed by atoms with Crippen LogP contribution in [0.4, 0.5) is 14.6 Å². The van der Waals surface area contributed by atoms with E-state index in [9.17, 15) is 18.9 Å². The van der Waals surface area contributed by atoms with Crippen molar-refractivity contribution in [2.75, 3.05) is 0 Å². The van der Waals surface area contributed by atoms with Crippen LogP contribution in [-0.2, 0) is 5.88 Å². The van der Waals surface area contributed by atoms with E-state index >= 15 is 0 Å². The van der Waals surface area contributed by atoms with Crippen molar-refractivity contribution in [2.24, 2.45) is 0 Å². The van der Waals surface area contributed by atoms with E-state index in [0.29, 0.717) is 0 Å². The monoisotopic (exact) mass is 256 g/mol. The Labute approximate surface area is 93.0 Å². The minimum absolute atomic E-state index is 0.234. The van der Waals surface area contributed by atoms with Gasteiger partial charge in [-0.2, -0.15) is 0 Å². The molecule has 0 unspecified atom stereocenters. The molecule has 0 atom stereocenters. The van der Waals surface area contributed by atoms with Gasteiger partial charge in [0.25, 0.3) is 6.43 Å². The Morgan fingerprint density at radius 1 is 1.60 bits per heavy atom. The first-order valence-corrected chi connectivity index (χ1v) is 4.56. The largest absolute Gasteiger partial charge is 0.382 e. The lowest BCUT2D eigenvalue weighted by atomic mass is 10.2. The standard InChI is InChI=1S/C7H4Cl2F2N2O2/c8-2-5-3(6(10)11)1-4(9)7(12-5)13(14)15/h1,6H,2H2. The SMILES string of the molecule is O=[N+]([O-])c1nc(CCl)c(C(F)F)cc1Cl. The van der Waals surface area contributed by atoms with Crippen LogP contribution in [-0.4, -0.2) is 9.91 Å². The van der Waals surface area contributed by atoms with Crippen LogP contribution >= 0.6 is 23.2 Å². The van der Waals surface area contributed by atoms with Gasteiger partial charge < -0.3 is 10.1 Å².